The van der Waals surface area contributed by atoms with Gasteiger partial charge < -0.3 is 19.6 Å². The maximum Gasteiger partial charge on any atom is 0.220 e. The largest absolute Gasteiger partial charge is 0.497 e. The van der Waals surface area contributed by atoms with Crippen LogP contribution in [0.4, 0.5) is 4.39 Å². The first-order valence-corrected chi connectivity index (χ1v) is 11.8. The zero-order chi connectivity index (χ0) is 24.9. The van der Waals surface area contributed by atoms with Gasteiger partial charge in [0.1, 0.15) is 11.6 Å². The second kappa shape index (κ2) is 10.5. The van der Waals surface area contributed by atoms with E-state index in [-0.39, 0.29) is 11.7 Å². The smallest absolute Gasteiger partial charge is 0.220 e. The minimum Gasteiger partial charge on any atom is -0.497 e. The van der Waals surface area contributed by atoms with Gasteiger partial charge in [-0.1, -0.05) is 24.3 Å². The Bertz CT molecular complexity index is 1460. The van der Waals surface area contributed by atoms with Crippen LogP contribution in [0.2, 0.25) is 0 Å². The summed E-state index contributed by atoms with van der Waals surface area (Å²) in [7, 11) is 1.63. The first kappa shape index (κ1) is 23.4. The number of H-pyrrole nitrogens is 1. The van der Waals surface area contributed by atoms with E-state index in [0.29, 0.717) is 19.4 Å². The fraction of sp³-hybridized carbons (Fsp3) is 0.172. The van der Waals surface area contributed by atoms with Gasteiger partial charge in [0.2, 0.25) is 5.91 Å². The molecule has 0 spiro atoms. The molecule has 0 bridgehead atoms. The molecule has 182 valence electrons. The Labute approximate surface area is 208 Å². The first-order valence-electron chi connectivity index (χ1n) is 11.8. The molecule has 0 unspecified atom stereocenters. The molecule has 0 saturated heterocycles. The van der Waals surface area contributed by atoms with Gasteiger partial charge in [-0.05, 0) is 71.1 Å². The summed E-state index contributed by atoms with van der Waals surface area (Å²) in [5.41, 5.74) is 5.81. The molecule has 2 aromatic heterocycles. The van der Waals surface area contributed by atoms with E-state index < -0.39 is 0 Å². The third kappa shape index (κ3) is 5.30. The van der Waals surface area contributed by atoms with Gasteiger partial charge in [-0.15, -0.1) is 0 Å². The number of aryl methyl sites for hydroxylation is 1. The Balaban J connectivity index is 1.25. The van der Waals surface area contributed by atoms with E-state index in [4.69, 9.17) is 4.74 Å². The second-order valence-corrected chi connectivity index (χ2v) is 8.73. The van der Waals surface area contributed by atoms with Crippen LogP contribution in [-0.4, -0.2) is 27.6 Å². The highest BCUT2D eigenvalue weighted by Gasteiger charge is 2.15. The summed E-state index contributed by atoms with van der Waals surface area (Å²) in [4.78, 5) is 20.2. The van der Waals surface area contributed by atoms with Gasteiger partial charge in [-0.25, -0.2) is 9.37 Å². The number of halogens is 1. The zero-order valence-corrected chi connectivity index (χ0v) is 20.0. The molecule has 1 amide bonds. The van der Waals surface area contributed by atoms with Crippen molar-refractivity contribution in [2.75, 3.05) is 7.11 Å². The Hall–Kier alpha value is -4.39. The Morgan fingerprint density at radius 2 is 1.83 bits per heavy atom. The van der Waals surface area contributed by atoms with Crippen LogP contribution < -0.4 is 10.1 Å². The van der Waals surface area contributed by atoms with Gasteiger partial charge in [0.15, 0.2) is 0 Å². The topological polar surface area (TPSA) is 71.9 Å². The van der Waals surface area contributed by atoms with Gasteiger partial charge in [-0.2, -0.15) is 0 Å². The number of amides is 1. The molecule has 5 aromatic rings. The maximum atomic E-state index is 14.1. The van der Waals surface area contributed by atoms with Crippen molar-refractivity contribution in [1.82, 2.24) is 19.9 Å². The number of hydrogen-bond donors (Lipinski definition) is 2. The summed E-state index contributed by atoms with van der Waals surface area (Å²) in [5, 5.41) is 3.80. The van der Waals surface area contributed by atoms with Gasteiger partial charge in [0.25, 0.3) is 0 Å². The molecule has 0 aliphatic rings. The SMILES string of the molecule is COc1ccc(-c2[nH]c3ccc(F)cc3c2CCC(=O)NCc2ccc(Cn3ccnc3)cc2)cc1. The van der Waals surface area contributed by atoms with Crippen molar-refractivity contribution in [1.29, 1.82) is 0 Å². The molecule has 0 radical (unpaired) electrons. The lowest BCUT2D eigenvalue weighted by Crippen LogP contribution is -2.23. The summed E-state index contributed by atoms with van der Waals surface area (Å²) in [6.07, 6.45) is 6.26. The fourth-order valence-corrected chi connectivity index (χ4v) is 4.36. The lowest BCUT2D eigenvalue weighted by Gasteiger charge is -2.09. The molecule has 0 aliphatic heterocycles. The number of methoxy groups -OCH3 is 1. The predicted molar refractivity (Wildman–Crippen MR) is 138 cm³/mol. The van der Waals surface area contributed by atoms with E-state index in [9.17, 15) is 9.18 Å². The number of carbonyl (C=O) groups excluding carboxylic acids is 1. The van der Waals surface area contributed by atoms with E-state index in [1.54, 1.807) is 25.7 Å². The number of nitrogens with zero attached hydrogens (tertiary/aromatic N) is 2. The number of fused-ring (bicyclic) bond motifs is 1. The Morgan fingerprint density at radius 3 is 2.56 bits per heavy atom. The quantitative estimate of drug-likeness (QED) is 0.292. The highest BCUT2D eigenvalue weighted by atomic mass is 19.1. The first-order chi connectivity index (χ1) is 17.6. The van der Waals surface area contributed by atoms with E-state index >= 15 is 0 Å². The summed E-state index contributed by atoms with van der Waals surface area (Å²) < 4.78 is 21.3. The van der Waals surface area contributed by atoms with Crippen LogP contribution >= 0.6 is 0 Å². The normalized spacial score (nSPS) is 11.1. The van der Waals surface area contributed by atoms with E-state index in [2.05, 4.69) is 27.4 Å². The van der Waals surface area contributed by atoms with Crippen molar-refractivity contribution in [2.45, 2.75) is 25.9 Å². The molecule has 2 heterocycles. The average molecular weight is 483 g/mol. The molecule has 5 rings (SSSR count). The van der Waals surface area contributed by atoms with Crippen LogP contribution in [0.1, 0.15) is 23.1 Å². The number of benzene rings is 3. The number of imidazole rings is 1. The van der Waals surface area contributed by atoms with Crippen LogP contribution in [0.25, 0.3) is 22.2 Å². The predicted octanol–water partition coefficient (Wildman–Crippen LogP) is 5.48. The number of rotatable bonds is 9. The van der Waals surface area contributed by atoms with Crippen molar-refractivity contribution in [3.05, 3.63) is 108 Å². The molecule has 0 aliphatic carbocycles. The molecule has 7 heteroatoms. The fourth-order valence-electron chi connectivity index (χ4n) is 4.36. The van der Waals surface area contributed by atoms with Gasteiger partial charge in [0, 0.05) is 48.5 Å². The van der Waals surface area contributed by atoms with Crippen molar-refractivity contribution in [3.8, 4) is 17.0 Å². The van der Waals surface area contributed by atoms with Crippen molar-refractivity contribution < 1.29 is 13.9 Å². The number of nitrogens with one attached hydrogen (secondary N) is 2. The summed E-state index contributed by atoms with van der Waals surface area (Å²) in [6, 6.07) is 20.6. The van der Waals surface area contributed by atoms with E-state index in [1.807, 2.05) is 47.2 Å². The van der Waals surface area contributed by atoms with Crippen molar-refractivity contribution in [3.63, 3.8) is 0 Å². The molecule has 0 atom stereocenters. The molecule has 6 nitrogen and oxygen atoms in total. The molecule has 0 saturated carbocycles. The van der Waals surface area contributed by atoms with Crippen LogP contribution in [0.15, 0.2) is 85.5 Å². The number of aromatic nitrogens is 3. The Morgan fingerprint density at radius 1 is 1.06 bits per heavy atom. The van der Waals surface area contributed by atoms with Crippen LogP contribution in [-0.2, 0) is 24.3 Å². The lowest BCUT2D eigenvalue weighted by molar-refractivity contribution is -0.121. The average Bonchev–Trinajstić information content (AvgIpc) is 3.54. The molecular formula is C29H27FN4O2. The lowest BCUT2D eigenvalue weighted by atomic mass is 10.0. The van der Waals surface area contributed by atoms with Gasteiger partial charge >= 0.3 is 0 Å². The Kier molecular flexibility index (Phi) is 6.80. The van der Waals surface area contributed by atoms with E-state index in [0.717, 1.165) is 45.6 Å². The summed E-state index contributed by atoms with van der Waals surface area (Å²) >= 11 is 0. The van der Waals surface area contributed by atoms with Crippen LogP contribution in [0.3, 0.4) is 0 Å². The van der Waals surface area contributed by atoms with Crippen molar-refractivity contribution >= 4 is 16.8 Å². The third-order valence-corrected chi connectivity index (χ3v) is 6.29. The highest BCUT2D eigenvalue weighted by molar-refractivity contribution is 5.91. The van der Waals surface area contributed by atoms with Crippen molar-refractivity contribution in [2.24, 2.45) is 0 Å². The molecule has 0 fully saturated rings. The number of hydrogen-bond acceptors (Lipinski definition) is 3. The molecule has 2 N–H and O–H groups in total. The maximum absolute atomic E-state index is 14.1. The molecule has 3 aromatic carbocycles. The number of ether oxygens (including phenoxy) is 1. The number of aromatic amines is 1. The monoisotopic (exact) mass is 482 g/mol. The second-order valence-electron chi connectivity index (χ2n) is 8.73. The minimum atomic E-state index is -0.301. The van der Waals surface area contributed by atoms with Gasteiger partial charge in [0.05, 0.1) is 13.4 Å². The standard InChI is InChI=1S/C29H27FN4O2/c1-36-24-9-6-22(7-10-24)29-25(26-16-23(30)8-12-27(26)33-29)11-13-28(35)32-17-20-2-4-21(5-3-20)18-34-15-14-31-19-34/h2-10,12,14-16,19,33H,11,13,17-18H2,1H3,(H,32,35). The van der Waals surface area contributed by atoms with Crippen LogP contribution in [0, 0.1) is 5.82 Å². The highest BCUT2D eigenvalue weighted by Crippen LogP contribution is 2.32. The minimum absolute atomic E-state index is 0.0519. The van der Waals surface area contributed by atoms with Crippen LogP contribution in [0.5, 0.6) is 5.75 Å². The van der Waals surface area contributed by atoms with Gasteiger partial charge in [-0.3, -0.25) is 4.79 Å². The third-order valence-electron chi connectivity index (χ3n) is 6.29. The molecular weight excluding hydrogens is 455 g/mol. The summed E-state index contributed by atoms with van der Waals surface area (Å²) in [5.74, 6) is 0.408. The zero-order valence-electron chi connectivity index (χ0n) is 20.0. The molecule has 36 heavy (non-hydrogen) atoms. The summed E-state index contributed by atoms with van der Waals surface area (Å²) in [6.45, 7) is 1.21. The van der Waals surface area contributed by atoms with E-state index in [1.165, 1.54) is 17.7 Å². The number of carbonyl (C=O) groups is 1.